The first kappa shape index (κ1) is 27.8. The zero-order valence-electron chi connectivity index (χ0n) is 20.1. The predicted molar refractivity (Wildman–Crippen MR) is 119 cm³/mol. The molecule has 1 heterocycles. The predicted octanol–water partition coefficient (Wildman–Crippen LogP) is 6.00. The number of urea groups is 1. The lowest BCUT2D eigenvalue weighted by Gasteiger charge is -2.34. The van der Waals surface area contributed by atoms with E-state index in [-0.39, 0.29) is 13.1 Å². The number of nitrogens with zero attached hydrogens (tertiary/aromatic N) is 1. The Hall–Kier alpha value is -2.82. The van der Waals surface area contributed by atoms with Crippen LogP contribution in [0.4, 0.5) is 35.5 Å². The van der Waals surface area contributed by atoms with Gasteiger partial charge in [0.05, 0.1) is 0 Å². The number of hydrogen-bond acceptors (Lipinski definition) is 2. The summed E-state index contributed by atoms with van der Waals surface area (Å²) >= 11 is 0. The molecule has 2 amide bonds. The molecule has 2 N–H and O–H groups in total. The minimum Gasteiger partial charge on any atom is -0.369 e. The summed E-state index contributed by atoms with van der Waals surface area (Å²) in [5.74, 6) is -1.03. The standard InChI is InChI=1S/C25H27F7N2O2/c1-21(2,3)33-20(35)34-13-19(22(4,14-34)16-9-11-18(26)12-10-16)15-5-7-17(8-6-15)23(36,24(27,28)29)25(30,31)32/h5-12,19,36H,13-14H2,1-4H3,(H,33,35)/t19-,22+/m0/s1. The first-order chi connectivity index (χ1) is 16.3. The van der Waals surface area contributed by atoms with Gasteiger partial charge < -0.3 is 15.3 Å². The fourth-order valence-electron chi connectivity index (χ4n) is 4.59. The number of rotatable bonds is 3. The van der Waals surface area contributed by atoms with Crippen LogP contribution in [0.5, 0.6) is 0 Å². The monoisotopic (exact) mass is 520 g/mol. The van der Waals surface area contributed by atoms with Crippen molar-refractivity contribution in [2.24, 2.45) is 0 Å². The SMILES string of the molecule is CC(C)(C)NC(=O)N1C[C@@H](c2ccc(C(O)(C(F)(F)F)C(F)(F)F)cc2)[C@@](C)(c2ccc(F)cc2)C1. The van der Waals surface area contributed by atoms with Crippen LogP contribution < -0.4 is 5.32 Å². The lowest BCUT2D eigenvalue weighted by molar-refractivity contribution is -0.376. The van der Waals surface area contributed by atoms with Crippen molar-refractivity contribution in [3.05, 3.63) is 71.0 Å². The number of hydrogen-bond donors (Lipinski definition) is 2. The molecule has 3 rings (SSSR count). The lowest BCUT2D eigenvalue weighted by atomic mass is 9.71. The van der Waals surface area contributed by atoms with Gasteiger partial charge in [0.2, 0.25) is 0 Å². The molecule has 198 valence electrons. The summed E-state index contributed by atoms with van der Waals surface area (Å²) in [7, 11) is 0. The number of likely N-dealkylation sites (tertiary alicyclic amines) is 1. The van der Waals surface area contributed by atoms with Gasteiger partial charge in [-0.15, -0.1) is 0 Å². The molecule has 0 bridgehead atoms. The van der Waals surface area contributed by atoms with Gasteiger partial charge in [-0.2, -0.15) is 26.3 Å². The topological polar surface area (TPSA) is 52.6 Å². The van der Waals surface area contributed by atoms with Crippen molar-refractivity contribution in [1.82, 2.24) is 10.2 Å². The maximum atomic E-state index is 13.6. The van der Waals surface area contributed by atoms with E-state index in [1.807, 2.05) is 0 Å². The minimum atomic E-state index is -6.00. The van der Waals surface area contributed by atoms with Crippen molar-refractivity contribution in [3.8, 4) is 0 Å². The molecular weight excluding hydrogens is 493 g/mol. The Kier molecular flexibility index (Phi) is 6.89. The molecule has 11 heteroatoms. The Labute approximate surface area is 204 Å². The Morgan fingerprint density at radius 1 is 0.944 bits per heavy atom. The van der Waals surface area contributed by atoms with Crippen LogP contribution in [0.3, 0.4) is 0 Å². The van der Waals surface area contributed by atoms with E-state index in [1.54, 1.807) is 27.7 Å². The summed E-state index contributed by atoms with van der Waals surface area (Å²) in [5.41, 5.74) is -6.78. The van der Waals surface area contributed by atoms with Crippen LogP contribution in [-0.4, -0.2) is 47.0 Å². The average Bonchev–Trinajstić information content (AvgIpc) is 3.10. The van der Waals surface area contributed by atoms with E-state index in [4.69, 9.17) is 0 Å². The van der Waals surface area contributed by atoms with Gasteiger partial charge in [-0.1, -0.05) is 43.3 Å². The smallest absolute Gasteiger partial charge is 0.369 e. The van der Waals surface area contributed by atoms with E-state index in [0.717, 1.165) is 12.1 Å². The largest absolute Gasteiger partial charge is 0.430 e. The van der Waals surface area contributed by atoms with Gasteiger partial charge >= 0.3 is 18.4 Å². The quantitative estimate of drug-likeness (QED) is 0.488. The van der Waals surface area contributed by atoms with Crippen molar-refractivity contribution in [3.63, 3.8) is 0 Å². The Bertz CT molecular complexity index is 1080. The molecule has 2 atom stereocenters. The molecule has 2 aromatic rings. The highest BCUT2D eigenvalue weighted by atomic mass is 19.4. The van der Waals surface area contributed by atoms with E-state index >= 15 is 0 Å². The fourth-order valence-corrected chi connectivity index (χ4v) is 4.59. The fraction of sp³-hybridized carbons (Fsp3) is 0.480. The number of benzene rings is 2. The minimum absolute atomic E-state index is 0.109. The molecule has 1 fully saturated rings. The van der Waals surface area contributed by atoms with E-state index in [1.165, 1.54) is 29.2 Å². The summed E-state index contributed by atoms with van der Waals surface area (Å²) in [6, 6.07) is 8.54. The van der Waals surface area contributed by atoms with Crippen LogP contribution in [0.15, 0.2) is 48.5 Å². The number of alkyl halides is 6. The Morgan fingerprint density at radius 3 is 1.89 bits per heavy atom. The summed E-state index contributed by atoms with van der Waals surface area (Å²) in [5, 5.41) is 12.5. The van der Waals surface area contributed by atoms with Crippen LogP contribution in [0, 0.1) is 5.82 Å². The van der Waals surface area contributed by atoms with Gasteiger partial charge in [0.15, 0.2) is 0 Å². The average molecular weight is 520 g/mol. The van der Waals surface area contributed by atoms with Gasteiger partial charge in [0.25, 0.3) is 5.60 Å². The Morgan fingerprint density at radius 2 is 1.44 bits per heavy atom. The highest BCUT2D eigenvalue weighted by Gasteiger charge is 2.71. The number of aliphatic hydroxyl groups is 1. The first-order valence-electron chi connectivity index (χ1n) is 11.1. The number of halogens is 7. The number of nitrogens with one attached hydrogen (secondary N) is 1. The summed E-state index contributed by atoms with van der Waals surface area (Å²) in [6.07, 6.45) is -12.0. The van der Waals surface area contributed by atoms with Gasteiger partial charge in [-0.3, -0.25) is 0 Å². The molecule has 0 spiro atoms. The molecule has 36 heavy (non-hydrogen) atoms. The van der Waals surface area contributed by atoms with Crippen molar-refractivity contribution in [1.29, 1.82) is 0 Å². The highest BCUT2D eigenvalue weighted by molar-refractivity contribution is 5.76. The normalized spacial score (nSPS) is 21.6. The molecule has 4 nitrogen and oxygen atoms in total. The second kappa shape index (κ2) is 8.93. The van der Waals surface area contributed by atoms with Crippen LogP contribution in [0.25, 0.3) is 0 Å². The third-order valence-electron chi connectivity index (χ3n) is 6.52. The van der Waals surface area contributed by atoms with Crippen LogP contribution in [0.2, 0.25) is 0 Å². The van der Waals surface area contributed by atoms with E-state index in [9.17, 15) is 40.6 Å². The maximum absolute atomic E-state index is 13.6. The van der Waals surface area contributed by atoms with Gasteiger partial charge in [0, 0.05) is 35.5 Å². The van der Waals surface area contributed by atoms with E-state index < -0.39 is 52.2 Å². The summed E-state index contributed by atoms with van der Waals surface area (Å²) < 4.78 is 93.3. The third kappa shape index (κ3) is 5.02. The van der Waals surface area contributed by atoms with Crippen molar-refractivity contribution < 1.29 is 40.6 Å². The van der Waals surface area contributed by atoms with E-state index in [0.29, 0.717) is 23.3 Å². The summed E-state index contributed by atoms with van der Waals surface area (Å²) in [4.78, 5) is 14.4. The maximum Gasteiger partial charge on any atom is 0.430 e. The third-order valence-corrected chi connectivity index (χ3v) is 6.52. The molecule has 1 aliphatic rings. The molecule has 1 aliphatic heterocycles. The number of carbonyl (C=O) groups is 1. The van der Waals surface area contributed by atoms with E-state index in [2.05, 4.69) is 5.32 Å². The number of carbonyl (C=O) groups excluding carboxylic acids is 1. The highest BCUT2D eigenvalue weighted by Crippen LogP contribution is 2.51. The molecular formula is C25H27F7N2O2. The van der Waals surface area contributed by atoms with Gasteiger partial charge in [-0.25, -0.2) is 9.18 Å². The molecule has 0 radical (unpaired) electrons. The zero-order chi connectivity index (χ0) is 27.3. The molecule has 2 aromatic carbocycles. The molecule has 0 aliphatic carbocycles. The Balaban J connectivity index is 2.05. The molecule has 0 saturated carbocycles. The van der Waals surface area contributed by atoms with Crippen LogP contribution >= 0.6 is 0 Å². The lowest BCUT2D eigenvalue weighted by Crippen LogP contribution is -2.53. The summed E-state index contributed by atoms with van der Waals surface area (Å²) in [6.45, 7) is 7.45. The second-order valence-electron chi connectivity index (χ2n) is 10.4. The number of amides is 2. The first-order valence-corrected chi connectivity index (χ1v) is 11.1. The van der Waals surface area contributed by atoms with Crippen LogP contribution in [0.1, 0.15) is 50.3 Å². The van der Waals surface area contributed by atoms with Gasteiger partial charge in [-0.05, 0) is 44.0 Å². The van der Waals surface area contributed by atoms with Crippen LogP contribution in [-0.2, 0) is 11.0 Å². The molecule has 1 saturated heterocycles. The van der Waals surface area contributed by atoms with Gasteiger partial charge in [0.1, 0.15) is 5.82 Å². The van der Waals surface area contributed by atoms with Crippen molar-refractivity contribution >= 4 is 6.03 Å². The van der Waals surface area contributed by atoms with Crippen molar-refractivity contribution in [2.45, 2.75) is 62.5 Å². The van der Waals surface area contributed by atoms with Crippen molar-refractivity contribution in [2.75, 3.05) is 13.1 Å². The second-order valence-corrected chi connectivity index (χ2v) is 10.4. The zero-order valence-corrected chi connectivity index (χ0v) is 20.1. The molecule has 0 unspecified atom stereocenters. The molecule has 0 aromatic heterocycles.